The second-order valence-electron chi connectivity index (χ2n) is 7.73. The van der Waals surface area contributed by atoms with Crippen molar-refractivity contribution in [2.75, 3.05) is 23.7 Å². The van der Waals surface area contributed by atoms with E-state index in [0.29, 0.717) is 18.0 Å². The molecule has 1 N–H and O–H groups in total. The molecule has 11 heteroatoms. The van der Waals surface area contributed by atoms with Crippen molar-refractivity contribution in [3.05, 3.63) is 63.1 Å². The number of nitrogens with zero attached hydrogens (tertiary/aromatic N) is 2. The monoisotopic (exact) mass is 547 g/mol. The van der Waals surface area contributed by atoms with Crippen molar-refractivity contribution in [2.45, 2.75) is 39.3 Å². The van der Waals surface area contributed by atoms with Crippen molar-refractivity contribution < 1.29 is 18.0 Å². The second kappa shape index (κ2) is 12.6. The normalized spacial score (nSPS) is 12.2. The van der Waals surface area contributed by atoms with Gasteiger partial charge in [0.15, 0.2) is 0 Å². The van der Waals surface area contributed by atoms with Crippen LogP contribution in [0, 0.1) is 0 Å². The van der Waals surface area contributed by atoms with Gasteiger partial charge in [0, 0.05) is 18.1 Å². The van der Waals surface area contributed by atoms with Crippen LogP contribution in [0.25, 0.3) is 0 Å². The van der Waals surface area contributed by atoms with E-state index in [1.54, 1.807) is 31.2 Å². The number of carbonyl (C=O) groups is 2. The van der Waals surface area contributed by atoms with Crippen LogP contribution in [0.3, 0.4) is 0 Å². The predicted octanol–water partition coefficient (Wildman–Crippen LogP) is 4.75. The van der Waals surface area contributed by atoms with E-state index in [2.05, 4.69) is 5.32 Å². The zero-order chi connectivity index (χ0) is 25.5. The number of anilines is 1. The van der Waals surface area contributed by atoms with Crippen molar-refractivity contribution >= 4 is 62.3 Å². The van der Waals surface area contributed by atoms with Gasteiger partial charge in [-0.15, -0.1) is 0 Å². The van der Waals surface area contributed by atoms with Gasteiger partial charge in [-0.25, -0.2) is 8.42 Å². The second-order valence-corrected chi connectivity index (χ2v) is 10.9. The molecular weight excluding hydrogens is 521 g/mol. The minimum absolute atomic E-state index is 0.104. The molecule has 2 aromatic carbocycles. The minimum atomic E-state index is -3.86. The molecule has 7 nitrogen and oxygen atoms in total. The molecule has 2 rings (SSSR count). The summed E-state index contributed by atoms with van der Waals surface area (Å²) in [6, 6.07) is 10.4. The molecule has 0 unspecified atom stereocenters. The summed E-state index contributed by atoms with van der Waals surface area (Å²) in [6.07, 6.45) is 2.09. The van der Waals surface area contributed by atoms with Crippen molar-refractivity contribution in [1.82, 2.24) is 10.2 Å². The van der Waals surface area contributed by atoms with Gasteiger partial charge in [0.05, 0.1) is 22.0 Å². The van der Waals surface area contributed by atoms with Crippen LogP contribution in [0.1, 0.15) is 32.3 Å². The average molecular weight is 549 g/mol. The van der Waals surface area contributed by atoms with Crippen molar-refractivity contribution in [3.8, 4) is 0 Å². The zero-order valence-corrected chi connectivity index (χ0v) is 22.3. The summed E-state index contributed by atoms with van der Waals surface area (Å²) in [5, 5.41) is 3.78. The van der Waals surface area contributed by atoms with Gasteiger partial charge in [0.1, 0.15) is 12.6 Å². The molecule has 186 valence electrons. The van der Waals surface area contributed by atoms with Crippen molar-refractivity contribution in [2.24, 2.45) is 0 Å². The molecule has 2 aromatic rings. The van der Waals surface area contributed by atoms with Crippen LogP contribution < -0.4 is 9.62 Å². The Morgan fingerprint density at radius 2 is 1.65 bits per heavy atom. The Morgan fingerprint density at radius 3 is 2.18 bits per heavy atom. The number of hydrogen-bond donors (Lipinski definition) is 1. The van der Waals surface area contributed by atoms with Gasteiger partial charge >= 0.3 is 0 Å². The van der Waals surface area contributed by atoms with Crippen molar-refractivity contribution in [1.29, 1.82) is 0 Å². The smallest absolute Gasteiger partial charge is 0.244 e. The van der Waals surface area contributed by atoms with Gasteiger partial charge in [-0.05, 0) is 48.7 Å². The lowest BCUT2D eigenvalue weighted by Gasteiger charge is -2.33. The van der Waals surface area contributed by atoms with E-state index in [4.69, 9.17) is 34.8 Å². The Hall–Kier alpha value is -2.00. The first-order valence-electron chi connectivity index (χ1n) is 10.7. The SMILES string of the molecule is CCCNC(=O)[C@@H](CC)N(Cc1ccc(Cl)cc1)C(=O)CN(c1ccc(Cl)c(Cl)c1)S(C)(=O)=O. The van der Waals surface area contributed by atoms with E-state index in [1.807, 2.05) is 6.92 Å². The standard InChI is InChI=1S/C23H28Cl3N3O4S/c1-4-12-27-23(31)21(5-2)28(14-16-6-8-17(24)9-7-16)22(30)15-29(34(3,32)33)18-10-11-19(25)20(26)13-18/h6-11,13,21H,4-5,12,14-15H2,1-3H3,(H,27,31)/t21-/m1/s1. The van der Waals surface area contributed by atoms with E-state index < -0.39 is 28.5 Å². The molecule has 0 aliphatic carbocycles. The Balaban J connectivity index is 2.43. The lowest BCUT2D eigenvalue weighted by Crippen LogP contribution is -2.52. The number of benzene rings is 2. The highest BCUT2D eigenvalue weighted by molar-refractivity contribution is 7.92. The fraction of sp³-hybridized carbons (Fsp3) is 0.391. The molecule has 0 heterocycles. The molecule has 0 radical (unpaired) electrons. The lowest BCUT2D eigenvalue weighted by atomic mass is 10.1. The van der Waals surface area contributed by atoms with Crippen LogP contribution >= 0.6 is 34.8 Å². The molecule has 0 saturated carbocycles. The number of hydrogen-bond acceptors (Lipinski definition) is 4. The van der Waals surface area contributed by atoms with Crippen LogP contribution in [-0.2, 0) is 26.2 Å². The molecule has 0 aromatic heterocycles. The number of halogens is 3. The summed E-state index contributed by atoms with van der Waals surface area (Å²) in [4.78, 5) is 27.8. The van der Waals surface area contributed by atoms with E-state index >= 15 is 0 Å². The summed E-state index contributed by atoms with van der Waals surface area (Å²) in [5.74, 6) is -0.836. The third kappa shape index (κ3) is 7.77. The van der Waals surface area contributed by atoms with Gasteiger partial charge < -0.3 is 10.2 Å². The molecule has 0 aliphatic heterocycles. The third-order valence-corrected chi connectivity index (χ3v) is 7.20. The zero-order valence-electron chi connectivity index (χ0n) is 19.2. The van der Waals surface area contributed by atoms with Gasteiger partial charge in [-0.3, -0.25) is 13.9 Å². The Labute approximate surface area is 216 Å². The van der Waals surface area contributed by atoms with Gasteiger partial charge in [-0.2, -0.15) is 0 Å². The van der Waals surface area contributed by atoms with E-state index in [9.17, 15) is 18.0 Å². The van der Waals surface area contributed by atoms with Crippen LogP contribution in [0.4, 0.5) is 5.69 Å². The van der Waals surface area contributed by atoms with Crippen LogP contribution in [0.15, 0.2) is 42.5 Å². The maximum Gasteiger partial charge on any atom is 0.244 e. The van der Waals surface area contributed by atoms with E-state index in [-0.39, 0.29) is 28.2 Å². The third-order valence-electron chi connectivity index (χ3n) is 5.07. The van der Waals surface area contributed by atoms with E-state index in [0.717, 1.165) is 22.5 Å². The molecule has 0 spiro atoms. The van der Waals surface area contributed by atoms with Gasteiger partial charge in [-0.1, -0.05) is 60.8 Å². The molecule has 0 bridgehead atoms. The molecule has 0 aliphatic rings. The number of sulfonamides is 1. The average Bonchev–Trinajstić information content (AvgIpc) is 2.78. The van der Waals surface area contributed by atoms with E-state index in [1.165, 1.54) is 23.1 Å². The highest BCUT2D eigenvalue weighted by atomic mass is 35.5. The first-order valence-corrected chi connectivity index (χ1v) is 13.7. The number of carbonyl (C=O) groups excluding carboxylic acids is 2. The molecule has 0 saturated heterocycles. The lowest BCUT2D eigenvalue weighted by molar-refractivity contribution is -0.140. The highest BCUT2D eigenvalue weighted by Crippen LogP contribution is 2.28. The number of amides is 2. The largest absolute Gasteiger partial charge is 0.354 e. The number of rotatable bonds is 11. The fourth-order valence-corrected chi connectivity index (χ4v) is 4.59. The predicted molar refractivity (Wildman–Crippen MR) is 138 cm³/mol. The first-order chi connectivity index (χ1) is 16.0. The Bertz CT molecular complexity index is 1110. The topological polar surface area (TPSA) is 86.8 Å². The summed E-state index contributed by atoms with van der Waals surface area (Å²) in [5.41, 5.74) is 0.945. The van der Waals surface area contributed by atoms with Gasteiger partial charge in [0.25, 0.3) is 0 Å². The highest BCUT2D eigenvalue weighted by Gasteiger charge is 2.31. The van der Waals surface area contributed by atoms with Crippen LogP contribution in [0.5, 0.6) is 0 Å². The van der Waals surface area contributed by atoms with Crippen LogP contribution in [-0.4, -0.2) is 50.5 Å². The minimum Gasteiger partial charge on any atom is -0.354 e. The number of nitrogens with one attached hydrogen (secondary N) is 1. The molecular formula is C23H28Cl3N3O4S. The Morgan fingerprint density at radius 1 is 1.00 bits per heavy atom. The molecule has 0 fully saturated rings. The van der Waals surface area contributed by atoms with Crippen LogP contribution in [0.2, 0.25) is 15.1 Å². The molecule has 1 atom stereocenters. The Kier molecular flexibility index (Phi) is 10.5. The maximum absolute atomic E-state index is 13.5. The fourth-order valence-electron chi connectivity index (χ4n) is 3.33. The first kappa shape index (κ1) is 28.2. The maximum atomic E-state index is 13.5. The quantitative estimate of drug-likeness (QED) is 0.439. The molecule has 2 amide bonds. The summed E-state index contributed by atoms with van der Waals surface area (Å²) >= 11 is 18.0. The summed E-state index contributed by atoms with van der Waals surface area (Å²) in [7, 11) is -3.86. The van der Waals surface area contributed by atoms with Crippen molar-refractivity contribution in [3.63, 3.8) is 0 Å². The summed E-state index contributed by atoms with van der Waals surface area (Å²) in [6.45, 7) is 3.79. The molecule has 34 heavy (non-hydrogen) atoms. The van der Waals surface area contributed by atoms with Gasteiger partial charge in [0.2, 0.25) is 21.8 Å². The summed E-state index contributed by atoms with van der Waals surface area (Å²) < 4.78 is 26.1.